The molecule has 1 fully saturated rings. The third-order valence-electron chi connectivity index (χ3n) is 5.16. The van der Waals surface area contributed by atoms with Crippen molar-refractivity contribution in [1.82, 2.24) is 0 Å². The number of amides is 1. The number of carbonyl (C=O) groups is 1. The van der Waals surface area contributed by atoms with Gasteiger partial charge in [0.25, 0.3) is 6.04 Å². The van der Waals surface area contributed by atoms with Crippen molar-refractivity contribution in [1.29, 1.82) is 0 Å². The van der Waals surface area contributed by atoms with E-state index in [1.54, 1.807) is 17.2 Å². The van der Waals surface area contributed by atoms with Crippen LogP contribution in [0.1, 0.15) is 35.8 Å². The first-order chi connectivity index (χ1) is 12.7. The molecule has 2 aliphatic rings. The lowest BCUT2D eigenvalue weighted by atomic mass is 10.1. The maximum Gasteiger partial charge on any atom is 0.255 e. The minimum atomic E-state index is -0.420. The molecule has 134 valence electrons. The third kappa shape index (κ3) is 3.00. The molecule has 6 heteroatoms. The summed E-state index contributed by atoms with van der Waals surface area (Å²) < 4.78 is 11.0. The highest BCUT2D eigenvalue weighted by Crippen LogP contribution is 2.36. The number of hydrogen-bond acceptors (Lipinski definition) is 4. The molecule has 0 radical (unpaired) electrons. The number of aryl methyl sites for hydroxylation is 1. The van der Waals surface area contributed by atoms with Gasteiger partial charge in [0, 0.05) is 5.69 Å². The van der Waals surface area contributed by atoms with Crippen LogP contribution in [0.4, 0.5) is 5.69 Å². The molecule has 1 aromatic heterocycles. The van der Waals surface area contributed by atoms with E-state index in [2.05, 4.69) is 4.85 Å². The molecule has 2 heterocycles. The Balaban J connectivity index is 1.54. The van der Waals surface area contributed by atoms with Gasteiger partial charge in [-0.05, 0) is 48.2 Å². The number of rotatable bonds is 5. The van der Waals surface area contributed by atoms with E-state index in [0.717, 1.165) is 23.2 Å². The Bertz CT molecular complexity index is 840. The molecule has 1 saturated heterocycles. The molecule has 3 atom stereocenters. The Morgan fingerprint density at radius 3 is 3.04 bits per heavy atom. The summed E-state index contributed by atoms with van der Waals surface area (Å²) in [4.78, 5) is 17.9. The minimum absolute atomic E-state index is 0.0592. The average Bonchev–Trinajstić information content (AvgIpc) is 3.35. The minimum Gasteiger partial charge on any atom is -0.467 e. The van der Waals surface area contributed by atoms with Gasteiger partial charge in [-0.25, -0.2) is 6.57 Å². The van der Waals surface area contributed by atoms with Crippen LogP contribution in [-0.2, 0) is 22.6 Å². The first-order valence-corrected chi connectivity index (χ1v) is 8.77. The molecular formula is C20H20N2O4. The maximum absolute atomic E-state index is 12.6. The van der Waals surface area contributed by atoms with Gasteiger partial charge in [0.15, 0.2) is 0 Å². The van der Waals surface area contributed by atoms with E-state index in [9.17, 15) is 9.90 Å². The molecule has 1 aromatic carbocycles. The molecule has 0 saturated carbocycles. The third-order valence-corrected chi connectivity index (χ3v) is 5.16. The molecule has 6 nitrogen and oxygen atoms in total. The van der Waals surface area contributed by atoms with Gasteiger partial charge in [-0.3, -0.25) is 9.69 Å². The summed E-state index contributed by atoms with van der Waals surface area (Å²) in [6.45, 7) is 8.02. The number of aliphatic hydroxyl groups is 1. The fourth-order valence-electron chi connectivity index (χ4n) is 3.83. The summed E-state index contributed by atoms with van der Waals surface area (Å²) >= 11 is 0. The highest BCUT2D eigenvalue weighted by molar-refractivity contribution is 5.97. The number of aliphatic hydroxyl groups excluding tert-OH is 1. The molecule has 3 unspecified atom stereocenters. The van der Waals surface area contributed by atoms with E-state index in [1.165, 1.54) is 0 Å². The highest BCUT2D eigenvalue weighted by atomic mass is 16.5. The van der Waals surface area contributed by atoms with Crippen LogP contribution in [0.3, 0.4) is 0 Å². The Hall–Kier alpha value is -2.62. The maximum atomic E-state index is 12.6. The number of fused-ring (bicyclic) bond motifs is 1. The van der Waals surface area contributed by atoms with Crippen molar-refractivity contribution in [2.45, 2.75) is 44.1 Å². The predicted octanol–water partition coefficient (Wildman–Crippen LogP) is 2.87. The fraction of sp³-hybridized carbons (Fsp3) is 0.400. The molecule has 1 amide bonds. The van der Waals surface area contributed by atoms with Crippen LogP contribution in [-0.4, -0.2) is 29.7 Å². The van der Waals surface area contributed by atoms with Gasteiger partial charge in [-0.15, -0.1) is 0 Å². The number of furan rings is 1. The van der Waals surface area contributed by atoms with Gasteiger partial charge in [0.2, 0.25) is 5.91 Å². The number of nitrogens with zero attached hydrogens (tertiary/aromatic N) is 2. The van der Waals surface area contributed by atoms with Crippen LogP contribution in [0.15, 0.2) is 41.0 Å². The number of carbonyl (C=O) groups excluding carboxylic acids is 1. The van der Waals surface area contributed by atoms with E-state index in [1.807, 2.05) is 24.3 Å². The van der Waals surface area contributed by atoms with Crippen LogP contribution in [0.5, 0.6) is 0 Å². The molecule has 1 aliphatic heterocycles. The second kappa shape index (κ2) is 6.94. The number of hydrogen-bond donors (Lipinski definition) is 1. The zero-order valence-corrected chi connectivity index (χ0v) is 14.3. The second-order valence-electron chi connectivity index (χ2n) is 6.76. The molecule has 2 aromatic rings. The molecular weight excluding hydrogens is 332 g/mol. The Morgan fingerprint density at radius 1 is 1.38 bits per heavy atom. The van der Waals surface area contributed by atoms with E-state index < -0.39 is 12.1 Å². The summed E-state index contributed by atoms with van der Waals surface area (Å²) in [5.41, 5.74) is 2.79. The highest BCUT2D eigenvalue weighted by Gasteiger charge is 2.45. The van der Waals surface area contributed by atoms with E-state index in [0.29, 0.717) is 18.8 Å². The first-order valence-electron chi connectivity index (χ1n) is 8.77. The second-order valence-corrected chi connectivity index (χ2v) is 6.76. The lowest BCUT2D eigenvalue weighted by Crippen LogP contribution is -2.40. The van der Waals surface area contributed by atoms with Crippen molar-refractivity contribution in [3.05, 3.63) is 64.9 Å². The van der Waals surface area contributed by atoms with Crippen molar-refractivity contribution in [2.24, 2.45) is 0 Å². The number of benzene rings is 1. The van der Waals surface area contributed by atoms with Crippen molar-refractivity contribution in [2.75, 3.05) is 11.5 Å². The summed E-state index contributed by atoms with van der Waals surface area (Å²) in [5, 5.41) is 9.98. The van der Waals surface area contributed by atoms with Gasteiger partial charge in [-0.1, -0.05) is 6.07 Å². The van der Waals surface area contributed by atoms with E-state index in [-0.39, 0.29) is 25.0 Å². The van der Waals surface area contributed by atoms with Crippen LogP contribution >= 0.6 is 0 Å². The predicted molar refractivity (Wildman–Crippen MR) is 94.4 cm³/mol. The van der Waals surface area contributed by atoms with Crippen molar-refractivity contribution in [3.63, 3.8) is 0 Å². The number of anilines is 1. The topological polar surface area (TPSA) is 67.3 Å². The zero-order valence-electron chi connectivity index (χ0n) is 14.3. The Labute approximate surface area is 151 Å². The largest absolute Gasteiger partial charge is 0.467 e. The van der Waals surface area contributed by atoms with Crippen LogP contribution < -0.4 is 4.90 Å². The van der Waals surface area contributed by atoms with Gasteiger partial charge >= 0.3 is 0 Å². The average molecular weight is 352 g/mol. The summed E-state index contributed by atoms with van der Waals surface area (Å²) in [6, 6.07) is 8.60. The smallest absolute Gasteiger partial charge is 0.255 e. The summed E-state index contributed by atoms with van der Waals surface area (Å²) in [5.74, 6) is 0.655. The standard InChI is InChI=1S/C20H20N2O4/c1-21-17-10-20(24)22(18(17)12-25-11-15-3-2-8-26-15)14-5-6-16-13(9-14)4-7-19(16)23/h2-3,5-6,8-9,17-19,23H,4,7,10-12H2. The molecule has 1 aliphatic carbocycles. The molecule has 1 N–H and O–H groups in total. The lowest BCUT2D eigenvalue weighted by Gasteiger charge is -2.25. The number of ether oxygens (including phenoxy) is 1. The fourth-order valence-corrected chi connectivity index (χ4v) is 3.83. The van der Waals surface area contributed by atoms with Crippen LogP contribution in [0.25, 0.3) is 4.85 Å². The lowest BCUT2D eigenvalue weighted by molar-refractivity contribution is -0.117. The van der Waals surface area contributed by atoms with Crippen molar-refractivity contribution < 1.29 is 19.1 Å². The van der Waals surface area contributed by atoms with E-state index in [4.69, 9.17) is 15.7 Å². The Kier molecular flexibility index (Phi) is 4.49. The SMILES string of the molecule is [C-]#[N+]C1CC(=O)N(c2ccc3c(c2)CCC3O)C1COCc1ccco1. The molecule has 4 rings (SSSR count). The normalized spacial score (nSPS) is 24.7. The van der Waals surface area contributed by atoms with Crippen LogP contribution in [0.2, 0.25) is 0 Å². The monoisotopic (exact) mass is 352 g/mol. The van der Waals surface area contributed by atoms with Gasteiger partial charge in [0.05, 0.1) is 19.0 Å². The summed E-state index contributed by atoms with van der Waals surface area (Å²) in [7, 11) is 0. The zero-order chi connectivity index (χ0) is 18.1. The quantitative estimate of drug-likeness (QED) is 0.840. The van der Waals surface area contributed by atoms with Crippen LogP contribution in [0, 0.1) is 6.57 Å². The summed E-state index contributed by atoms with van der Waals surface area (Å²) in [6.07, 6.45) is 2.89. The van der Waals surface area contributed by atoms with Gasteiger partial charge in [-0.2, -0.15) is 0 Å². The van der Waals surface area contributed by atoms with Crippen molar-refractivity contribution >= 4 is 11.6 Å². The Morgan fingerprint density at radius 2 is 2.27 bits per heavy atom. The molecule has 0 bridgehead atoms. The molecule has 26 heavy (non-hydrogen) atoms. The van der Waals surface area contributed by atoms with Gasteiger partial charge in [0.1, 0.15) is 24.8 Å². The van der Waals surface area contributed by atoms with Crippen molar-refractivity contribution in [3.8, 4) is 0 Å². The molecule has 0 spiro atoms. The van der Waals surface area contributed by atoms with Gasteiger partial charge < -0.3 is 19.1 Å². The van der Waals surface area contributed by atoms with E-state index >= 15 is 0 Å². The first kappa shape index (κ1) is 16.8.